The number of hydrogen-bond acceptors (Lipinski definition) is 1. The van der Waals surface area contributed by atoms with Crippen molar-refractivity contribution >= 4 is 0 Å². The number of rotatable bonds is 3. The van der Waals surface area contributed by atoms with Crippen LogP contribution in [0.25, 0.3) is 0 Å². The van der Waals surface area contributed by atoms with Crippen LogP contribution in [-0.4, -0.2) is 5.11 Å². The Morgan fingerprint density at radius 3 is 2.32 bits per heavy atom. The number of benzene rings is 1. The third-order valence-corrected chi connectivity index (χ3v) is 4.19. The molecule has 3 atom stereocenters. The van der Waals surface area contributed by atoms with E-state index >= 15 is 0 Å². The molecular weight excluding hydrogens is 253 g/mol. The van der Waals surface area contributed by atoms with Crippen LogP contribution in [0.5, 0.6) is 0 Å². The van der Waals surface area contributed by atoms with Gasteiger partial charge in [0.2, 0.25) is 0 Å². The van der Waals surface area contributed by atoms with Crippen molar-refractivity contribution in [1.29, 1.82) is 0 Å². The largest absolute Gasteiger partial charge is 0.416 e. The van der Waals surface area contributed by atoms with Crippen molar-refractivity contribution in [1.82, 2.24) is 0 Å². The molecule has 106 valence electrons. The summed E-state index contributed by atoms with van der Waals surface area (Å²) in [5.74, 6) is 0.829. The Hall–Kier alpha value is -1.03. The fraction of sp³-hybridized carbons (Fsp3) is 0.600. The highest BCUT2D eigenvalue weighted by Crippen LogP contribution is 2.40. The summed E-state index contributed by atoms with van der Waals surface area (Å²) in [6, 6.07) is 4.88. The van der Waals surface area contributed by atoms with Gasteiger partial charge in [0.1, 0.15) is 0 Å². The van der Waals surface area contributed by atoms with Crippen molar-refractivity contribution in [3.05, 3.63) is 35.4 Å². The minimum atomic E-state index is -4.32. The van der Waals surface area contributed by atoms with Crippen molar-refractivity contribution in [3.8, 4) is 0 Å². The molecule has 0 radical (unpaired) electrons. The second-order valence-electron chi connectivity index (χ2n) is 5.41. The van der Waals surface area contributed by atoms with E-state index in [2.05, 4.69) is 6.92 Å². The number of alkyl halides is 3. The molecule has 0 saturated heterocycles. The summed E-state index contributed by atoms with van der Waals surface area (Å²) in [4.78, 5) is 0. The zero-order valence-corrected chi connectivity index (χ0v) is 11.0. The van der Waals surface area contributed by atoms with E-state index < -0.39 is 17.8 Å². The van der Waals surface area contributed by atoms with Crippen LogP contribution in [0, 0.1) is 11.8 Å². The lowest BCUT2D eigenvalue weighted by atomic mass is 9.92. The Morgan fingerprint density at radius 1 is 1.21 bits per heavy atom. The van der Waals surface area contributed by atoms with Crippen LogP contribution >= 0.6 is 0 Å². The standard InChI is InChI=1S/C15H19F3O/c1-2-10-3-4-12(9-10)14(19)11-5-7-13(8-6-11)15(16,17)18/h5-8,10,12,14,19H,2-4,9H2,1H3. The quantitative estimate of drug-likeness (QED) is 0.854. The summed E-state index contributed by atoms with van der Waals surface area (Å²) >= 11 is 0. The van der Waals surface area contributed by atoms with Crippen LogP contribution in [-0.2, 0) is 6.18 Å². The maximum atomic E-state index is 12.5. The molecule has 1 saturated carbocycles. The molecule has 1 aromatic carbocycles. The molecule has 4 heteroatoms. The molecule has 2 rings (SSSR count). The average molecular weight is 272 g/mol. The minimum absolute atomic E-state index is 0.182. The van der Waals surface area contributed by atoms with E-state index in [9.17, 15) is 18.3 Å². The molecule has 0 heterocycles. The number of hydrogen-bond donors (Lipinski definition) is 1. The van der Waals surface area contributed by atoms with Gasteiger partial charge in [-0.25, -0.2) is 0 Å². The summed E-state index contributed by atoms with van der Waals surface area (Å²) in [5.41, 5.74) is -0.0731. The Bertz CT molecular complexity index is 410. The SMILES string of the molecule is CCC1CCC(C(O)c2ccc(C(F)(F)F)cc2)C1. The van der Waals surface area contributed by atoms with Gasteiger partial charge in [-0.1, -0.05) is 31.9 Å². The molecule has 19 heavy (non-hydrogen) atoms. The molecule has 1 aliphatic rings. The minimum Gasteiger partial charge on any atom is -0.388 e. The first kappa shape index (κ1) is 14.4. The third-order valence-electron chi connectivity index (χ3n) is 4.19. The molecule has 1 aliphatic carbocycles. The maximum absolute atomic E-state index is 12.5. The van der Waals surface area contributed by atoms with Gasteiger partial charge in [-0.15, -0.1) is 0 Å². The lowest BCUT2D eigenvalue weighted by Gasteiger charge is -2.19. The van der Waals surface area contributed by atoms with Crippen LogP contribution in [0.15, 0.2) is 24.3 Å². The first-order valence-corrected chi connectivity index (χ1v) is 6.77. The number of aliphatic hydroxyl groups excluding tert-OH is 1. The summed E-state index contributed by atoms with van der Waals surface area (Å²) in [6.45, 7) is 2.14. The van der Waals surface area contributed by atoms with Gasteiger partial charge in [0.05, 0.1) is 11.7 Å². The molecule has 0 aromatic heterocycles. The monoisotopic (exact) mass is 272 g/mol. The van der Waals surface area contributed by atoms with Gasteiger partial charge in [0.25, 0.3) is 0 Å². The molecular formula is C15H19F3O. The topological polar surface area (TPSA) is 20.2 Å². The molecule has 1 nitrogen and oxygen atoms in total. The second-order valence-corrected chi connectivity index (χ2v) is 5.41. The van der Waals surface area contributed by atoms with Crippen LogP contribution in [0.3, 0.4) is 0 Å². The summed E-state index contributed by atoms with van der Waals surface area (Å²) in [7, 11) is 0. The van der Waals surface area contributed by atoms with E-state index in [1.807, 2.05) is 0 Å². The van der Waals surface area contributed by atoms with Crippen LogP contribution in [0.2, 0.25) is 0 Å². The zero-order valence-electron chi connectivity index (χ0n) is 11.0. The van der Waals surface area contributed by atoms with Crippen molar-refractivity contribution in [2.24, 2.45) is 11.8 Å². The van der Waals surface area contributed by atoms with E-state index in [1.54, 1.807) is 0 Å². The first-order chi connectivity index (χ1) is 8.91. The maximum Gasteiger partial charge on any atom is 0.416 e. The Labute approximate surface area is 111 Å². The normalized spacial score (nSPS) is 25.5. The van der Waals surface area contributed by atoms with Crippen molar-refractivity contribution in [2.75, 3.05) is 0 Å². The number of halogens is 3. The van der Waals surface area contributed by atoms with Crippen LogP contribution in [0.4, 0.5) is 13.2 Å². The second kappa shape index (κ2) is 5.53. The highest BCUT2D eigenvalue weighted by atomic mass is 19.4. The first-order valence-electron chi connectivity index (χ1n) is 6.77. The molecule has 0 spiro atoms. The predicted octanol–water partition coefficient (Wildman–Crippen LogP) is 4.57. The van der Waals surface area contributed by atoms with E-state index in [-0.39, 0.29) is 5.92 Å². The summed E-state index contributed by atoms with van der Waals surface area (Å²) in [5, 5.41) is 10.2. The van der Waals surface area contributed by atoms with Gasteiger partial charge in [-0.2, -0.15) is 13.2 Å². The van der Waals surface area contributed by atoms with Crippen LogP contribution in [0.1, 0.15) is 49.8 Å². The molecule has 1 fully saturated rings. The molecule has 3 unspecified atom stereocenters. The fourth-order valence-corrected chi connectivity index (χ4v) is 2.91. The Kier molecular flexibility index (Phi) is 4.19. The van der Waals surface area contributed by atoms with Gasteiger partial charge in [-0.05, 0) is 42.4 Å². The van der Waals surface area contributed by atoms with Gasteiger partial charge < -0.3 is 5.11 Å². The van der Waals surface area contributed by atoms with E-state index in [0.29, 0.717) is 11.5 Å². The van der Waals surface area contributed by atoms with E-state index in [0.717, 1.165) is 37.8 Å². The highest BCUT2D eigenvalue weighted by molar-refractivity contribution is 5.26. The molecule has 0 aliphatic heterocycles. The molecule has 0 bridgehead atoms. The smallest absolute Gasteiger partial charge is 0.388 e. The Morgan fingerprint density at radius 2 is 1.84 bits per heavy atom. The lowest BCUT2D eigenvalue weighted by molar-refractivity contribution is -0.137. The molecule has 1 N–H and O–H groups in total. The molecule has 0 amide bonds. The third kappa shape index (κ3) is 3.30. The van der Waals surface area contributed by atoms with Crippen molar-refractivity contribution in [3.63, 3.8) is 0 Å². The van der Waals surface area contributed by atoms with Crippen molar-refractivity contribution < 1.29 is 18.3 Å². The average Bonchev–Trinajstić information content (AvgIpc) is 2.86. The summed E-state index contributed by atoms with van der Waals surface area (Å²) < 4.78 is 37.4. The van der Waals surface area contributed by atoms with E-state index in [1.165, 1.54) is 12.1 Å². The van der Waals surface area contributed by atoms with Crippen molar-refractivity contribution in [2.45, 2.75) is 44.9 Å². The lowest BCUT2D eigenvalue weighted by Crippen LogP contribution is -2.11. The fourth-order valence-electron chi connectivity index (χ4n) is 2.91. The summed E-state index contributed by atoms with van der Waals surface area (Å²) in [6.07, 6.45) is -0.808. The highest BCUT2D eigenvalue weighted by Gasteiger charge is 2.32. The van der Waals surface area contributed by atoms with Gasteiger partial charge in [0.15, 0.2) is 0 Å². The zero-order chi connectivity index (χ0) is 14.0. The number of aliphatic hydroxyl groups is 1. The van der Waals surface area contributed by atoms with Gasteiger partial charge in [-0.3, -0.25) is 0 Å². The Balaban J connectivity index is 2.06. The molecule has 1 aromatic rings. The predicted molar refractivity (Wildman–Crippen MR) is 67.5 cm³/mol. The van der Waals surface area contributed by atoms with Gasteiger partial charge in [0, 0.05) is 0 Å². The van der Waals surface area contributed by atoms with Gasteiger partial charge >= 0.3 is 6.18 Å². The van der Waals surface area contributed by atoms with E-state index in [4.69, 9.17) is 0 Å². The van der Waals surface area contributed by atoms with Crippen LogP contribution < -0.4 is 0 Å².